The Bertz CT molecular complexity index is 1340. The molecule has 2 heterocycles. The predicted octanol–water partition coefficient (Wildman–Crippen LogP) is 4.47. The molecular weight excluding hydrogens is 563 g/mol. The van der Waals surface area contributed by atoms with E-state index >= 15 is 0 Å². The van der Waals surface area contributed by atoms with E-state index < -0.39 is 46.4 Å². The number of ether oxygens (including phenoxy) is 1. The zero-order valence-corrected chi connectivity index (χ0v) is 22.5. The molecule has 0 bridgehead atoms. The summed E-state index contributed by atoms with van der Waals surface area (Å²) in [4.78, 5) is 30.0. The maximum Gasteiger partial charge on any atom is 0.418 e. The van der Waals surface area contributed by atoms with E-state index in [1.807, 2.05) is 0 Å². The van der Waals surface area contributed by atoms with Gasteiger partial charge in [0.05, 0.1) is 47.6 Å². The molecule has 2 aromatic rings. The molecule has 9 nitrogen and oxygen atoms in total. The van der Waals surface area contributed by atoms with Gasteiger partial charge in [-0.3, -0.25) is 14.6 Å². The van der Waals surface area contributed by atoms with Gasteiger partial charge in [0.15, 0.2) is 0 Å². The minimum Gasteiger partial charge on any atom is -0.387 e. The Labute approximate surface area is 238 Å². The van der Waals surface area contributed by atoms with Gasteiger partial charge in [0.1, 0.15) is 17.2 Å². The molecular formula is C28H31F5N6O3. The molecule has 42 heavy (non-hydrogen) atoms. The SMILES string of the molecule is N=C/C(=C\NC1CCCCC1)C(=O)N[C@@]1(C(=O)NCc2ncc(Nc3ccc(F)cc3C(F)(F)F)cc2F)CCOC1. The van der Waals surface area contributed by atoms with Crippen molar-refractivity contribution < 1.29 is 36.3 Å². The van der Waals surface area contributed by atoms with Crippen molar-refractivity contribution in [3.63, 3.8) is 0 Å². The molecule has 5 N–H and O–H groups in total. The average Bonchev–Trinajstić information content (AvgIpc) is 3.43. The molecule has 2 fully saturated rings. The average molecular weight is 595 g/mol. The van der Waals surface area contributed by atoms with Crippen molar-refractivity contribution in [2.24, 2.45) is 0 Å². The summed E-state index contributed by atoms with van der Waals surface area (Å²) in [6.07, 6.45) is 3.99. The standard InChI is InChI=1S/C28H31F5N6O3/c29-18-6-7-23(21(10-18)28(31,32)33)38-20-11-22(30)24(36-14-20)15-37-26(41)27(8-9-42-16-27)39-25(40)17(12-34)13-35-19-4-2-1-3-5-19/h6-7,10-14,19,34-35,38H,1-5,8-9,15-16H2,(H,37,41)(H,39,40)/b17-13+,34-12?/t27-/m0/s1. The number of pyridine rings is 1. The van der Waals surface area contributed by atoms with Crippen LogP contribution in [0.3, 0.4) is 0 Å². The van der Waals surface area contributed by atoms with E-state index in [9.17, 15) is 31.5 Å². The van der Waals surface area contributed by atoms with Gasteiger partial charge in [-0.15, -0.1) is 0 Å². The number of alkyl halides is 3. The Kier molecular flexibility index (Phi) is 9.76. The van der Waals surface area contributed by atoms with Crippen LogP contribution < -0.4 is 21.3 Å². The molecule has 1 aromatic carbocycles. The maximum atomic E-state index is 14.8. The van der Waals surface area contributed by atoms with Gasteiger partial charge in [-0.2, -0.15) is 13.2 Å². The number of amides is 2. The van der Waals surface area contributed by atoms with Crippen LogP contribution in [0, 0.1) is 17.0 Å². The first-order valence-corrected chi connectivity index (χ1v) is 13.4. The van der Waals surface area contributed by atoms with Crippen LogP contribution in [-0.2, 0) is 27.0 Å². The van der Waals surface area contributed by atoms with Crippen LogP contribution in [0.25, 0.3) is 0 Å². The highest BCUT2D eigenvalue weighted by Crippen LogP contribution is 2.36. The van der Waals surface area contributed by atoms with Gasteiger partial charge in [-0.05, 0) is 31.0 Å². The number of aromatic nitrogens is 1. The van der Waals surface area contributed by atoms with E-state index in [4.69, 9.17) is 10.1 Å². The topological polar surface area (TPSA) is 128 Å². The Morgan fingerprint density at radius 3 is 2.55 bits per heavy atom. The van der Waals surface area contributed by atoms with E-state index in [0.717, 1.165) is 62.7 Å². The lowest BCUT2D eigenvalue weighted by molar-refractivity contribution is -0.137. The van der Waals surface area contributed by atoms with Crippen LogP contribution >= 0.6 is 0 Å². The molecule has 1 saturated heterocycles. The second-order valence-electron chi connectivity index (χ2n) is 10.2. The third-order valence-corrected chi connectivity index (χ3v) is 7.21. The van der Waals surface area contributed by atoms with Gasteiger partial charge in [0.2, 0.25) is 5.91 Å². The summed E-state index contributed by atoms with van der Waals surface area (Å²) in [7, 11) is 0. The van der Waals surface area contributed by atoms with Crippen molar-refractivity contribution in [1.82, 2.24) is 20.9 Å². The maximum absolute atomic E-state index is 14.8. The monoisotopic (exact) mass is 594 g/mol. The number of carbonyl (C=O) groups excluding carboxylic acids is 2. The summed E-state index contributed by atoms with van der Waals surface area (Å²) in [5, 5.41) is 18.4. The molecule has 1 saturated carbocycles. The number of nitrogens with one attached hydrogen (secondary N) is 5. The highest BCUT2D eigenvalue weighted by molar-refractivity contribution is 6.12. The van der Waals surface area contributed by atoms with Gasteiger partial charge in [-0.25, -0.2) is 8.78 Å². The summed E-state index contributed by atoms with van der Waals surface area (Å²) in [6.45, 7) is -0.332. The molecule has 2 aliphatic rings. The second kappa shape index (κ2) is 13.3. The highest BCUT2D eigenvalue weighted by Gasteiger charge is 2.44. The fourth-order valence-corrected chi connectivity index (χ4v) is 4.85. The molecule has 4 rings (SSSR count). The number of carbonyl (C=O) groups is 2. The summed E-state index contributed by atoms with van der Waals surface area (Å²) >= 11 is 0. The first kappa shape index (κ1) is 30.9. The van der Waals surface area contributed by atoms with E-state index in [1.165, 1.54) is 6.20 Å². The van der Waals surface area contributed by atoms with Gasteiger partial charge in [0, 0.05) is 37.6 Å². The Hall–Kier alpha value is -4.07. The largest absolute Gasteiger partial charge is 0.418 e. The number of benzene rings is 1. The summed E-state index contributed by atoms with van der Waals surface area (Å²) in [5.41, 5.74) is -3.51. The van der Waals surface area contributed by atoms with Crippen molar-refractivity contribution in [2.45, 2.75) is 62.8 Å². The molecule has 1 aromatic heterocycles. The van der Waals surface area contributed by atoms with Crippen LogP contribution in [-0.4, -0.2) is 47.8 Å². The van der Waals surface area contributed by atoms with Crippen LogP contribution in [0.1, 0.15) is 49.8 Å². The van der Waals surface area contributed by atoms with Crippen LogP contribution in [0.4, 0.5) is 33.3 Å². The fourth-order valence-electron chi connectivity index (χ4n) is 4.85. The van der Waals surface area contributed by atoms with Crippen LogP contribution in [0.5, 0.6) is 0 Å². The molecule has 1 atom stereocenters. The molecule has 1 aliphatic heterocycles. The van der Waals surface area contributed by atoms with Gasteiger partial charge < -0.3 is 31.4 Å². The number of anilines is 2. The Morgan fingerprint density at radius 2 is 1.90 bits per heavy atom. The first-order chi connectivity index (χ1) is 20.0. The van der Waals surface area contributed by atoms with Crippen molar-refractivity contribution in [3.8, 4) is 0 Å². The first-order valence-electron chi connectivity index (χ1n) is 13.4. The minimum atomic E-state index is -4.85. The Balaban J connectivity index is 1.40. The lowest BCUT2D eigenvalue weighted by Gasteiger charge is -2.28. The van der Waals surface area contributed by atoms with Crippen LogP contribution in [0.15, 0.2) is 42.2 Å². The summed E-state index contributed by atoms with van der Waals surface area (Å²) < 4.78 is 73.4. The van der Waals surface area contributed by atoms with E-state index in [0.29, 0.717) is 6.07 Å². The van der Waals surface area contributed by atoms with E-state index in [2.05, 4.69) is 26.3 Å². The molecule has 0 spiro atoms. The lowest BCUT2D eigenvalue weighted by atomic mass is 9.95. The summed E-state index contributed by atoms with van der Waals surface area (Å²) in [5.74, 6) is -3.29. The highest BCUT2D eigenvalue weighted by atomic mass is 19.4. The number of hydrogen-bond donors (Lipinski definition) is 5. The number of nitrogens with zero attached hydrogens (tertiary/aromatic N) is 1. The summed E-state index contributed by atoms with van der Waals surface area (Å²) in [6, 6.07) is 3.15. The third-order valence-electron chi connectivity index (χ3n) is 7.21. The Morgan fingerprint density at radius 1 is 1.14 bits per heavy atom. The number of hydrogen-bond acceptors (Lipinski definition) is 7. The normalized spacial score (nSPS) is 19.7. The minimum absolute atomic E-state index is 0.0327. The van der Waals surface area contributed by atoms with Gasteiger partial charge in [0.25, 0.3) is 5.91 Å². The zero-order valence-electron chi connectivity index (χ0n) is 22.5. The van der Waals surface area contributed by atoms with Crippen molar-refractivity contribution >= 4 is 29.4 Å². The molecule has 226 valence electrons. The molecule has 1 aliphatic carbocycles. The van der Waals surface area contributed by atoms with Gasteiger partial charge in [-0.1, -0.05) is 19.3 Å². The lowest BCUT2D eigenvalue weighted by Crippen LogP contribution is -2.59. The molecule has 2 amide bonds. The van der Waals surface area contributed by atoms with Gasteiger partial charge >= 0.3 is 6.18 Å². The van der Waals surface area contributed by atoms with Crippen molar-refractivity contribution in [1.29, 1.82) is 5.41 Å². The number of halogens is 5. The van der Waals surface area contributed by atoms with Crippen molar-refractivity contribution in [2.75, 3.05) is 18.5 Å². The molecule has 14 heteroatoms. The zero-order chi connectivity index (χ0) is 30.3. The molecule has 0 radical (unpaired) electrons. The third kappa shape index (κ3) is 7.60. The van der Waals surface area contributed by atoms with Crippen LogP contribution in [0.2, 0.25) is 0 Å². The van der Waals surface area contributed by atoms with E-state index in [-0.39, 0.29) is 49.2 Å². The smallest absolute Gasteiger partial charge is 0.387 e. The predicted molar refractivity (Wildman–Crippen MR) is 144 cm³/mol. The molecule has 0 unspecified atom stereocenters. The fraction of sp³-hybridized carbons (Fsp3) is 0.429. The number of rotatable bonds is 10. The quantitative estimate of drug-likeness (QED) is 0.157. The second-order valence-corrected chi connectivity index (χ2v) is 10.2. The van der Waals surface area contributed by atoms with E-state index in [1.54, 1.807) is 0 Å². The van der Waals surface area contributed by atoms with Crippen molar-refractivity contribution in [3.05, 3.63) is 65.1 Å².